The molecule has 2 rings (SSSR count). The summed E-state index contributed by atoms with van der Waals surface area (Å²) in [5.74, 6) is 0.282. The molecule has 1 aliphatic heterocycles. The van der Waals surface area contributed by atoms with Crippen LogP contribution in [0.5, 0.6) is 0 Å². The van der Waals surface area contributed by atoms with Crippen LogP contribution in [0, 0.1) is 0 Å². The maximum atomic E-state index is 9.55. The van der Waals surface area contributed by atoms with Gasteiger partial charge in [0, 0.05) is 17.3 Å². The Hall–Kier alpha value is 0.1000. The van der Waals surface area contributed by atoms with E-state index < -0.39 is 0 Å². The van der Waals surface area contributed by atoms with Crippen LogP contribution >= 0.6 is 27.3 Å². The minimum atomic E-state index is 0.253. The van der Waals surface area contributed by atoms with Gasteiger partial charge in [0.1, 0.15) is 0 Å². The average Bonchev–Trinajstić information content (AvgIpc) is 2.62. The molecule has 1 aromatic rings. The molecule has 0 saturated carbocycles. The molecule has 1 N–H and O–H groups in total. The van der Waals surface area contributed by atoms with Gasteiger partial charge < -0.3 is 10.0 Å². The molecule has 0 aromatic carbocycles. The van der Waals surface area contributed by atoms with E-state index in [0.29, 0.717) is 0 Å². The number of rotatable bonds is 4. The predicted octanol–water partition coefficient (Wildman–Crippen LogP) is 3.46. The number of halogens is 1. The van der Waals surface area contributed by atoms with Crippen molar-refractivity contribution in [1.82, 2.24) is 4.90 Å². The van der Waals surface area contributed by atoms with Crippen molar-refractivity contribution in [2.24, 2.45) is 0 Å². The molecule has 1 aromatic heterocycles. The lowest BCUT2D eigenvalue weighted by atomic mass is 10.1. The number of thiophene rings is 1. The van der Waals surface area contributed by atoms with Crippen LogP contribution in [-0.4, -0.2) is 36.2 Å². The molecule has 96 valence electrons. The van der Waals surface area contributed by atoms with Crippen LogP contribution in [0.2, 0.25) is 0 Å². The van der Waals surface area contributed by atoms with E-state index in [0.717, 1.165) is 10.3 Å². The van der Waals surface area contributed by atoms with Crippen LogP contribution in [0.3, 0.4) is 0 Å². The molecule has 1 saturated heterocycles. The molecule has 2 nitrogen and oxygen atoms in total. The van der Waals surface area contributed by atoms with Gasteiger partial charge in [-0.2, -0.15) is 0 Å². The van der Waals surface area contributed by atoms with Crippen molar-refractivity contribution >= 4 is 27.3 Å². The second-order valence-electron chi connectivity index (χ2n) is 4.74. The van der Waals surface area contributed by atoms with Gasteiger partial charge in [0.15, 0.2) is 0 Å². The van der Waals surface area contributed by atoms with Crippen molar-refractivity contribution in [2.45, 2.75) is 31.6 Å². The van der Waals surface area contributed by atoms with Gasteiger partial charge in [-0.15, -0.1) is 11.3 Å². The van der Waals surface area contributed by atoms with Gasteiger partial charge in [0.05, 0.1) is 10.4 Å². The fourth-order valence-electron chi connectivity index (χ4n) is 2.42. The van der Waals surface area contributed by atoms with Crippen molar-refractivity contribution in [2.75, 3.05) is 26.2 Å². The Morgan fingerprint density at radius 1 is 1.24 bits per heavy atom. The Balaban J connectivity index is 1.94. The highest BCUT2D eigenvalue weighted by Crippen LogP contribution is 2.29. The minimum absolute atomic E-state index is 0.253. The molecule has 0 radical (unpaired) electrons. The first-order valence-corrected chi connectivity index (χ1v) is 7.99. The van der Waals surface area contributed by atoms with Crippen molar-refractivity contribution in [3.8, 4) is 0 Å². The highest BCUT2D eigenvalue weighted by molar-refractivity contribution is 9.11. The molecule has 17 heavy (non-hydrogen) atoms. The summed E-state index contributed by atoms with van der Waals surface area (Å²) >= 11 is 5.23. The fraction of sp³-hybridized carbons (Fsp3) is 0.692. The monoisotopic (exact) mass is 317 g/mol. The molecule has 2 heterocycles. The second kappa shape index (κ2) is 6.88. The summed E-state index contributed by atoms with van der Waals surface area (Å²) in [6.07, 6.45) is 5.36. The van der Waals surface area contributed by atoms with E-state index in [1.807, 2.05) is 0 Å². The van der Waals surface area contributed by atoms with Gasteiger partial charge in [-0.05, 0) is 54.0 Å². The SMILES string of the molecule is OCC(CN1CCCCCC1)c1ccc(Br)s1. The van der Waals surface area contributed by atoms with Crippen LogP contribution in [0.15, 0.2) is 15.9 Å². The first kappa shape index (κ1) is 13.5. The van der Waals surface area contributed by atoms with Crippen molar-refractivity contribution < 1.29 is 5.11 Å². The van der Waals surface area contributed by atoms with E-state index in [1.165, 1.54) is 43.6 Å². The zero-order chi connectivity index (χ0) is 12.1. The van der Waals surface area contributed by atoms with Crippen LogP contribution in [-0.2, 0) is 0 Å². The van der Waals surface area contributed by atoms with Gasteiger partial charge in [-0.3, -0.25) is 0 Å². The van der Waals surface area contributed by atoms with E-state index in [2.05, 4.69) is 33.0 Å². The fourth-order valence-corrected chi connectivity index (χ4v) is 3.92. The Morgan fingerprint density at radius 3 is 2.47 bits per heavy atom. The van der Waals surface area contributed by atoms with Gasteiger partial charge in [0.2, 0.25) is 0 Å². The highest BCUT2D eigenvalue weighted by atomic mass is 79.9. The van der Waals surface area contributed by atoms with E-state index in [-0.39, 0.29) is 12.5 Å². The number of aliphatic hydroxyl groups is 1. The average molecular weight is 318 g/mol. The van der Waals surface area contributed by atoms with Crippen molar-refractivity contribution in [3.05, 3.63) is 20.8 Å². The minimum Gasteiger partial charge on any atom is -0.396 e. The lowest BCUT2D eigenvalue weighted by Gasteiger charge is -2.24. The quantitative estimate of drug-likeness (QED) is 0.919. The summed E-state index contributed by atoms with van der Waals surface area (Å²) in [5.41, 5.74) is 0. The van der Waals surface area contributed by atoms with E-state index in [4.69, 9.17) is 0 Å². The van der Waals surface area contributed by atoms with Crippen molar-refractivity contribution in [1.29, 1.82) is 0 Å². The van der Waals surface area contributed by atoms with Crippen LogP contribution in [0.4, 0.5) is 0 Å². The third-order valence-corrected chi connectivity index (χ3v) is 5.18. The Kier molecular flexibility index (Phi) is 5.48. The molecule has 1 aliphatic rings. The zero-order valence-electron chi connectivity index (χ0n) is 10.1. The summed E-state index contributed by atoms with van der Waals surface area (Å²) in [7, 11) is 0. The van der Waals surface area contributed by atoms with Crippen LogP contribution in [0.1, 0.15) is 36.5 Å². The molecule has 0 aliphatic carbocycles. The third kappa shape index (κ3) is 4.05. The molecular weight excluding hydrogens is 298 g/mol. The van der Waals surface area contributed by atoms with Gasteiger partial charge >= 0.3 is 0 Å². The van der Waals surface area contributed by atoms with Crippen molar-refractivity contribution in [3.63, 3.8) is 0 Å². The highest BCUT2D eigenvalue weighted by Gasteiger charge is 2.18. The van der Waals surface area contributed by atoms with E-state index in [9.17, 15) is 5.11 Å². The lowest BCUT2D eigenvalue weighted by Crippen LogP contribution is -2.30. The van der Waals surface area contributed by atoms with Gasteiger partial charge in [0.25, 0.3) is 0 Å². The molecule has 4 heteroatoms. The largest absolute Gasteiger partial charge is 0.396 e. The zero-order valence-corrected chi connectivity index (χ0v) is 12.5. The Morgan fingerprint density at radius 2 is 1.94 bits per heavy atom. The van der Waals surface area contributed by atoms with Crippen LogP contribution in [0.25, 0.3) is 0 Å². The first-order chi connectivity index (χ1) is 8.29. The normalized spacial score (nSPS) is 20.1. The summed E-state index contributed by atoms with van der Waals surface area (Å²) in [5, 5.41) is 9.55. The topological polar surface area (TPSA) is 23.5 Å². The number of hydrogen-bond donors (Lipinski definition) is 1. The van der Waals surface area contributed by atoms with Gasteiger partial charge in [-0.1, -0.05) is 12.8 Å². The predicted molar refractivity (Wildman–Crippen MR) is 76.8 cm³/mol. The summed E-state index contributed by atoms with van der Waals surface area (Å²) in [4.78, 5) is 3.81. The second-order valence-corrected chi connectivity index (χ2v) is 7.23. The lowest BCUT2D eigenvalue weighted by molar-refractivity contribution is 0.205. The third-order valence-electron chi connectivity index (χ3n) is 3.39. The number of likely N-dealkylation sites (tertiary alicyclic amines) is 1. The van der Waals surface area contributed by atoms with E-state index >= 15 is 0 Å². The molecular formula is C13H20BrNOS. The van der Waals surface area contributed by atoms with E-state index in [1.54, 1.807) is 11.3 Å². The maximum absolute atomic E-state index is 9.55. The summed E-state index contributed by atoms with van der Waals surface area (Å²) in [6.45, 7) is 3.65. The van der Waals surface area contributed by atoms with Gasteiger partial charge in [-0.25, -0.2) is 0 Å². The molecule has 0 spiro atoms. The number of nitrogens with zero attached hydrogens (tertiary/aromatic N) is 1. The smallest absolute Gasteiger partial charge is 0.0701 e. The molecule has 1 fully saturated rings. The molecule has 0 amide bonds. The molecule has 1 unspecified atom stereocenters. The first-order valence-electron chi connectivity index (χ1n) is 6.38. The molecule has 1 atom stereocenters. The van der Waals surface area contributed by atoms with Crippen LogP contribution < -0.4 is 0 Å². The number of aliphatic hydroxyl groups excluding tert-OH is 1. The number of hydrogen-bond acceptors (Lipinski definition) is 3. The Bertz CT molecular complexity index is 334. The summed E-state index contributed by atoms with van der Waals surface area (Å²) in [6, 6.07) is 4.21. The summed E-state index contributed by atoms with van der Waals surface area (Å²) < 4.78 is 1.15. The Labute approximate surface area is 116 Å². The molecule has 0 bridgehead atoms. The maximum Gasteiger partial charge on any atom is 0.0701 e. The standard InChI is InChI=1S/C13H20BrNOS/c14-13-6-5-12(17-13)11(10-16)9-15-7-3-1-2-4-8-15/h5-6,11,16H,1-4,7-10H2.